The van der Waals surface area contributed by atoms with E-state index in [9.17, 15) is 5.11 Å². The van der Waals surface area contributed by atoms with Crippen LogP contribution in [-0.2, 0) is 30.5 Å². The Morgan fingerprint density at radius 3 is 1.60 bits per heavy atom. The first-order chi connectivity index (χ1) is 16.1. The topological polar surface area (TPSA) is 59.1 Å². The Hall–Kier alpha value is -2.60. The van der Waals surface area contributed by atoms with Crippen LogP contribution in [0.5, 0.6) is 5.75 Å². The zero-order chi connectivity index (χ0) is 26.1. The number of nitrogens with zero attached hydrogens (tertiary/aromatic N) is 5. The fourth-order valence-corrected chi connectivity index (χ4v) is 4.61. The Balaban J connectivity index is 1.92. The quantitative estimate of drug-likeness (QED) is 0.442. The van der Waals surface area contributed by atoms with E-state index in [0.29, 0.717) is 12.3 Å². The van der Waals surface area contributed by atoms with Gasteiger partial charge < -0.3 is 5.11 Å². The van der Waals surface area contributed by atoms with Gasteiger partial charge in [-0.3, -0.25) is 14.3 Å². The molecule has 35 heavy (non-hydrogen) atoms. The highest BCUT2D eigenvalue weighted by Gasteiger charge is 2.25. The molecule has 6 nitrogen and oxygen atoms in total. The van der Waals surface area contributed by atoms with E-state index in [-0.39, 0.29) is 10.8 Å². The molecule has 0 aliphatic carbocycles. The minimum atomic E-state index is -0.141. The maximum absolute atomic E-state index is 11.4. The van der Waals surface area contributed by atoms with Crippen LogP contribution in [-0.4, -0.2) is 42.7 Å². The molecule has 0 atom stereocenters. The molecule has 0 bridgehead atoms. The average Bonchev–Trinajstić information content (AvgIpc) is 3.22. The second-order valence-corrected chi connectivity index (χ2v) is 12.1. The van der Waals surface area contributed by atoms with Crippen LogP contribution >= 0.6 is 0 Å². The molecule has 192 valence electrons. The zero-order valence-electron chi connectivity index (χ0n) is 23.5. The van der Waals surface area contributed by atoms with Gasteiger partial charge >= 0.3 is 0 Å². The fourth-order valence-electron chi connectivity index (χ4n) is 4.61. The first kappa shape index (κ1) is 27.0. The standard InChI is InChI=1S/C29H45N5O/c1-20-15-22(3)33(30-20)13-11-32(12-14-34-23(4)16-21(2)31-34)19-24-17-25(28(5,6)7)18-26(27(24)35)29(8,9)10/h15-18,35H,11-14,19H2,1-10H3. The van der Waals surface area contributed by atoms with Crippen molar-refractivity contribution in [1.82, 2.24) is 24.5 Å². The number of phenols is 1. The maximum Gasteiger partial charge on any atom is 0.123 e. The SMILES string of the molecule is Cc1cc(C)n(CCN(CCn2nc(C)cc2C)Cc2cc(C(C)(C)C)cc(C(C)(C)C)c2O)n1. The highest BCUT2D eigenvalue weighted by molar-refractivity contribution is 5.48. The lowest BCUT2D eigenvalue weighted by molar-refractivity contribution is 0.232. The third-order valence-electron chi connectivity index (χ3n) is 6.72. The monoisotopic (exact) mass is 479 g/mol. The molecular formula is C29H45N5O. The van der Waals surface area contributed by atoms with Crippen LogP contribution < -0.4 is 0 Å². The molecule has 0 spiro atoms. The molecule has 6 heteroatoms. The van der Waals surface area contributed by atoms with Gasteiger partial charge in [0.2, 0.25) is 0 Å². The first-order valence-corrected chi connectivity index (χ1v) is 12.8. The lowest BCUT2D eigenvalue weighted by atomic mass is 9.79. The van der Waals surface area contributed by atoms with Crippen LogP contribution in [0.4, 0.5) is 0 Å². The van der Waals surface area contributed by atoms with Crippen molar-refractivity contribution in [3.05, 3.63) is 63.7 Å². The van der Waals surface area contributed by atoms with Crippen LogP contribution in [0.3, 0.4) is 0 Å². The first-order valence-electron chi connectivity index (χ1n) is 12.8. The van der Waals surface area contributed by atoms with Crippen molar-refractivity contribution in [2.75, 3.05) is 13.1 Å². The molecule has 0 aliphatic heterocycles. The molecular weight excluding hydrogens is 434 g/mol. The molecule has 0 unspecified atom stereocenters. The van der Waals surface area contributed by atoms with Crippen molar-refractivity contribution >= 4 is 0 Å². The van der Waals surface area contributed by atoms with Gasteiger partial charge in [0.05, 0.1) is 24.5 Å². The largest absolute Gasteiger partial charge is 0.507 e. The summed E-state index contributed by atoms with van der Waals surface area (Å²) >= 11 is 0. The summed E-state index contributed by atoms with van der Waals surface area (Å²) in [7, 11) is 0. The van der Waals surface area contributed by atoms with E-state index >= 15 is 0 Å². The van der Waals surface area contributed by atoms with Crippen molar-refractivity contribution in [3.8, 4) is 5.75 Å². The summed E-state index contributed by atoms with van der Waals surface area (Å²) in [4.78, 5) is 2.42. The molecule has 0 saturated carbocycles. The third kappa shape index (κ3) is 6.75. The van der Waals surface area contributed by atoms with Gasteiger partial charge in [0.15, 0.2) is 0 Å². The van der Waals surface area contributed by atoms with Crippen LogP contribution in [0.25, 0.3) is 0 Å². The Morgan fingerprint density at radius 2 is 1.23 bits per heavy atom. The molecule has 1 aromatic carbocycles. The molecule has 0 aliphatic rings. The Labute approximate surface area is 212 Å². The number of benzene rings is 1. The Morgan fingerprint density at radius 1 is 0.743 bits per heavy atom. The average molecular weight is 480 g/mol. The van der Waals surface area contributed by atoms with Crippen molar-refractivity contribution in [3.63, 3.8) is 0 Å². The summed E-state index contributed by atoms with van der Waals surface area (Å²) in [5.74, 6) is 0.424. The van der Waals surface area contributed by atoms with Gasteiger partial charge in [-0.15, -0.1) is 0 Å². The molecule has 0 radical (unpaired) electrons. The second kappa shape index (κ2) is 10.2. The van der Waals surface area contributed by atoms with E-state index < -0.39 is 0 Å². The summed E-state index contributed by atoms with van der Waals surface area (Å²) in [5.41, 5.74) is 7.55. The number of aryl methyl sites for hydroxylation is 4. The molecule has 0 saturated heterocycles. The van der Waals surface area contributed by atoms with E-state index in [0.717, 1.165) is 48.7 Å². The van der Waals surface area contributed by atoms with Crippen LogP contribution in [0, 0.1) is 27.7 Å². The second-order valence-electron chi connectivity index (χ2n) is 12.1. The predicted molar refractivity (Wildman–Crippen MR) is 144 cm³/mol. The van der Waals surface area contributed by atoms with E-state index in [1.807, 2.05) is 13.8 Å². The van der Waals surface area contributed by atoms with E-state index in [2.05, 4.69) is 104 Å². The van der Waals surface area contributed by atoms with E-state index in [4.69, 9.17) is 0 Å². The summed E-state index contributed by atoms with van der Waals surface area (Å²) in [6.45, 7) is 25.5. The zero-order valence-corrected chi connectivity index (χ0v) is 23.5. The predicted octanol–water partition coefficient (Wildman–Crippen LogP) is 5.82. The number of hydrogen-bond acceptors (Lipinski definition) is 4. The van der Waals surface area contributed by atoms with Crippen molar-refractivity contribution in [2.45, 2.75) is 99.7 Å². The minimum Gasteiger partial charge on any atom is -0.507 e. The van der Waals surface area contributed by atoms with Crippen molar-refractivity contribution in [1.29, 1.82) is 0 Å². The number of phenolic OH excluding ortho intramolecular Hbond substituents is 1. The fraction of sp³-hybridized carbons (Fsp3) is 0.586. The summed E-state index contributed by atoms with van der Waals surface area (Å²) in [6, 6.07) is 8.63. The highest BCUT2D eigenvalue weighted by Crippen LogP contribution is 2.38. The normalized spacial score (nSPS) is 12.7. The molecule has 2 aromatic heterocycles. The van der Waals surface area contributed by atoms with Gasteiger partial charge in [-0.2, -0.15) is 10.2 Å². The number of aromatic hydroxyl groups is 1. The lowest BCUT2D eigenvalue weighted by Crippen LogP contribution is -2.32. The van der Waals surface area contributed by atoms with E-state index in [1.54, 1.807) is 0 Å². The Bertz CT molecular complexity index is 1110. The summed E-state index contributed by atoms with van der Waals surface area (Å²) in [5, 5.41) is 20.7. The van der Waals surface area contributed by atoms with Gasteiger partial charge in [-0.25, -0.2) is 0 Å². The number of hydrogen-bond donors (Lipinski definition) is 1. The third-order valence-corrected chi connectivity index (χ3v) is 6.72. The van der Waals surface area contributed by atoms with Crippen LogP contribution in [0.15, 0.2) is 24.3 Å². The van der Waals surface area contributed by atoms with Gasteiger partial charge in [-0.05, 0) is 61.8 Å². The van der Waals surface area contributed by atoms with Crippen molar-refractivity contribution < 1.29 is 5.11 Å². The van der Waals surface area contributed by atoms with Gasteiger partial charge in [-0.1, -0.05) is 53.7 Å². The minimum absolute atomic E-state index is 0.000673. The smallest absolute Gasteiger partial charge is 0.123 e. The molecule has 3 aromatic rings. The van der Waals surface area contributed by atoms with Crippen LogP contribution in [0.1, 0.15) is 81.0 Å². The Kier molecular flexibility index (Phi) is 7.85. The number of rotatable bonds is 8. The molecule has 0 amide bonds. The van der Waals surface area contributed by atoms with E-state index in [1.165, 1.54) is 17.0 Å². The maximum atomic E-state index is 11.4. The molecule has 3 rings (SSSR count). The van der Waals surface area contributed by atoms with Gasteiger partial charge in [0.25, 0.3) is 0 Å². The molecule has 1 N–H and O–H groups in total. The lowest BCUT2D eigenvalue weighted by Gasteiger charge is -2.29. The highest BCUT2D eigenvalue weighted by atomic mass is 16.3. The molecule has 0 fully saturated rings. The molecule has 2 heterocycles. The summed E-state index contributed by atoms with van der Waals surface area (Å²) in [6.07, 6.45) is 0. The van der Waals surface area contributed by atoms with Gasteiger partial charge in [0.1, 0.15) is 5.75 Å². The van der Waals surface area contributed by atoms with Crippen molar-refractivity contribution in [2.24, 2.45) is 0 Å². The van der Waals surface area contributed by atoms with Crippen LogP contribution in [0.2, 0.25) is 0 Å². The summed E-state index contributed by atoms with van der Waals surface area (Å²) < 4.78 is 4.16. The number of aromatic nitrogens is 4. The van der Waals surface area contributed by atoms with Gasteiger partial charge in [0, 0.05) is 36.6 Å².